The van der Waals surface area contributed by atoms with E-state index >= 15 is 0 Å². The average Bonchev–Trinajstić information content (AvgIpc) is 3.38. The first kappa shape index (κ1) is 17.3. The molecule has 2 aliphatic rings. The van der Waals surface area contributed by atoms with Gasteiger partial charge in [0.1, 0.15) is 0 Å². The van der Waals surface area contributed by atoms with Gasteiger partial charge in [0.2, 0.25) is 5.95 Å². The van der Waals surface area contributed by atoms with Gasteiger partial charge in [0.25, 0.3) is 5.91 Å². The van der Waals surface area contributed by atoms with Crippen molar-refractivity contribution in [2.45, 2.75) is 31.4 Å². The lowest BCUT2D eigenvalue weighted by Gasteiger charge is -2.16. The number of anilines is 1. The van der Waals surface area contributed by atoms with Crippen LogP contribution in [-0.4, -0.2) is 45.8 Å². The van der Waals surface area contributed by atoms with Crippen LogP contribution in [0, 0.1) is 0 Å². The number of nitrogens with one attached hydrogen (secondary N) is 1. The standard InChI is InChI=1S/C22H24N4O2/c1-25-20-7-6-16(12-19(20)24-22(25)26-9-8-18(27)13-26)21(28)23-17-10-14-4-2-3-5-15(14)11-17/h2-7,12,17-18,27H,8-11,13H2,1H3,(H,23,28)/t18-/m0/s1. The summed E-state index contributed by atoms with van der Waals surface area (Å²) in [7, 11) is 1.98. The molecule has 1 aliphatic carbocycles. The molecule has 6 nitrogen and oxygen atoms in total. The van der Waals surface area contributed by atoms with E-state index < -0.39 is 0 Å². The summed E-state index contributed by atoms with van der Waals surface area (Å²) in [6.45, 7) is 1.40. The van der Waals surface area contributed by atoms with Gasteiger partial charge in [-0.15, -0.1) is 0 Å². The molecule has 1 aliphatic heterocycles. The minimum absolute atomic E-state index is 0.0523. The van der Waals surface area contributed by atoms with Crippen molar-refractivity contribution in [3.05, 3.63) is 59.2 Å². The molecule has 28 heavy (non-hydrogen) atoms. The van der Waals surface area contributed by atoms with Crippen LogP contribution in [0.1, 0.15) is 27.9 Å². The van der Waals surface area contributed by atoms with Crippen LogP contribution in [-0.2, 0) is 19.9 Å². The normalized spacial score (nSPS) is 19.4. The van der Waals surface area contributed by atoms with Crippen molar-refractivity contribution in [1.82, 2.24) is 14.9 Å². The molecular weight excluding hydrogens is 352 g/mol. The smallest absolute Gasteiger partial charge is 0.251 e. The Morgan fingerprint density at radius 3 is 2.61 bits per heavy atom. The van der Waals surface area contributed by atoms with Crippen LogP contribution in [0.3, 0.4) is 0 Å². The van der Waals surface area contributed by atoms with Gasteiger partial charge >= 0.3 is 0 Å². The molecule has 1 saturated heterocycles. The summed E-state index contributed by atoms with van der Waals surface area (Å²) in [6.07, 6.45) is 2.24. The molecule has 1 amide bonds. The lowest BCUT2D eigenvalue weighted by molar-refractivity contribution is 0.0938. The van der Waals surface area contributed by atoms with Gasteiger partial charge in [-0.2, -0.15) is 0 Å². The van der Waals surface area contributed by atoms with Crippen LogP contribution in [0.15, 0.2) is 42.5 Å². The molecular formula is C22H24N4O2. The third-order valence-electron chi connectivity index (χ3n) is 5.95. The number of carbonyl (C=O) groups is 1. The molecule has 2 N–H and O–H groups in total. The summed E-state index contributed by atoms with van der Waals surface area (Å²) in [5, 5.41) is 13.0. The summed E-state index contributed by atoms with van der Waals surface area (Å²) in [5.41, 5.74) is 5.08. The van der Waals surface area contributed by atoms with Gasteiger partial charge in [-0.1, -0.05) is 24.3 Å². The summed E-state index contributed by atoms with van der Waals surface area (Å²) in [5.74, 6) is 0.791. The van der Waals surface area contributed by atoms with Gasteiger partial charge in [0, 0.05) is 31.7 Å². The third-order valence-corrected chi connectivity index (χ3v) is 5.95. The summed E-state index contributed by atoms with van der Waals surface area (Å²) >= 11 is 0. The van der Waals surface area contributed by atoms with Gasteiger partial charge in [0.05, 0.1) is 17.1 Å². The maximum atomic E-state index is 12.8. The molecule has 2 aromatic carbocycles. The van der Waals surface area contributed by atoms with Crippen molar-refractivity contribution in [3.8, 4) is 0 Å². The van der Waals surface area contributed by atoms with Crippen molar-refractivity contribution in [3.63, 3.8) is 0 Å². The first-order chi connectivity index (χ1) is 13.6. The third kappa shape index (κ3) is 2.94. The zero-order valence-corrected chi connectivity index (χ0v) is 15.9. The second kappa shape index (κ2) is 6.63. The number of rotatable bonds is 3. The second-order valence-corrected chi connectivity index (χ2v) is 7.91. The van der Waals surface area contributed by atoms with Crippen LogP contribution < -0.4 is 10.2 Å². The zero-order chi connectivity index (χ0) is 19.3. The Hall–Kier alpha value is -2.86. The van der Waals surface area contributed by atoms with Crippen molar-refractivity contribution in [2.75, 3.05) is 18.0 Å². The van der Waals surface area contributed by atoms with E-state index in [4.69, 9.17) is 4.98 Å². The van der Waals surface area contributed by atoms with Crippen LogP contribution >= 0.6 is 0 Å². The molecule has 0 bridgehead atoms. The van der Waals surface area contributed by atoms with E-state index in [1.54, 1.807) is 0 Å². The Morgan fingerprint density at radius 1 is 1.18 bits per heavy atom. The maximum absolute atomic E-state index is 12.8. The number of hydrogen-bond donors (Lipinski definition) is 2. The van der Waals surface area contributed by atoms with E-state index in [9.17, 15) is 9.90 Å². The Morgan fingerprint density at radius 2 is 1.93 bits per heavy atom. The van der Waals surface area contributed by atoms with Gasteiger partial charge in [-0.25, -0.2) is 4.98 Å². The monoisotopic (exact) mass is 376 g/mol. The minimum Gasteiger partial charge on any atom is -0.391 e. The molecule has 5 rings (SSSR count). The molecule has 0 unspecified atom stereocenters. The topological polar surface area (TPSA) is 70.4 Å². The highest BCUT2D eigenvalue weighted by atomic mass is 16.3. The highest BCUT2D eigenvalue weighted by Crippen LogP contribution is 2.26. The highest BCUT2D eigenvalue weighted by Gasteiger charge is 2.25. The van der Waals surface area contributed by atoms with Crippen molar-refractivity contribution < 1.29 is 9.90 Å². The largest absolute Gasteiger partial charge is 0.391 e. The molecule has 6 heteroatoms. The molecule has 1 fully saturated rings. The second-order valence-electron chi connectivity index (χ2n) is 7.91. The fourth-order valence-corrected chi connectivity index (χ4v) is 4.46. The summed E-state index contributed by atoms with van der Waals surface area (Å²) in [4.78, 5) is 19.6. The van der Waals surface area contributed by atoms with Gasteiger partial charge in [0.15, 0.2) is 0 Å². The molecule has 2 heterocycles. The number of benzene rings is 2. The lowest BCUT2D eigenvalue weighted by Crippen LogP contribution is -2.35. The van der Waals surface area contributed by atoms with Crippen molar-refractivity contribution in [2.24, 2.45) is 7.05 Å². The SMILES string of the molecule is Cn1c(N2CC[C@H](O)C2)nc2cc(C(=O)NC3Cc4ccccc4C3)ccc21. The van der Waals surface area contributed by atoms with Gasteiger partial charge < -0.3 is 19.9 Å². The van der Waals surface area contributed by atoms with E-state index in [2.05, 4.69) is 34.5 Å². The molecule has 144 valence electrons. The predicted octanol–water partition coefficient (Wildman–Crippen LogP) is 2.04. The van der Waals surface area contributed by atoms with Crippen molar-refractivity contribution in [1.29, 1.82) is 0 Å². The number of carbonyl (C=O) groups excluding carboxylic acids is 1. The maximum Gasteiger partial charge on any atom is 0.251 e. The van der Waals surface area contributed by atoms with Crippen LogP contribution in [0.2, 0.25) is 0 Å². The number of β-amino-alcohol motifs (C(OH)–C–C–N with tert-alkyl or cyclic N) is 1. The predicted molar refractivity (Wildman–Crippen MR) is 109 cm³/mol. The average molecular weight is 376 g/mol. The molecule has 0 saturated carbocycles. The molecule has 3 aromatic rings. The zero-order valence-electron chi connectivity index (χ0n) is 15.9. The number of imidazole rings is 1. The number of aliphatic hydroxyl groups excluding tert-OH is 1. The first-order valence-corrected chi connectivity index (χ1v) is 9.85. The summed E-state index contributed by atoms with van der Waals surface area (Å²) in [6, 6.07) is 14.2. The number of aromatic nitrogens is 2. The first-order valence-electron chi connectivity index (χ1n) is 9.85. The lowest BCUT2D eigenvalue weighted by atomic mass is 10.1. The number of fused-ring (bicyclic) bond motifs is 2. The Labute approximate surface area is 163 Å². The van der Waals surface area contributed by atoms with E-state index in [1.165, 1.54) is 11.1 Å². The molecule has 1 atom stereocenters. The minimum atomic E-state index is -0.295. The van der Waals surface area contributed by atoms with E-state index in [0.717, 1.165) is 42.8 Å². The Bertz CT molecular complexity index is 1030. The fourth-order valence-electron chi connectivity index (χ4n) is 4.46. The van der Waals surface area contributed by atoms with Crippen LogP contribution in [0.25, 0.3) is 11.0 Å². The highest BCUT2D eigenvalue weighted by molar-refractivity contribution is 5.98. The van der Waals surface area contributed by atoms with E-state index in [1.807, 2.05) is 29.8 Å². The number of hydrogen-bond acceptors (Lipinski definition) is 4. The fraction of sp³-hybridized carbons (Fsp3) is 0.364. The Balaban J connectivity index is 1.35. The van der Waals surface area contributed by atoms with Crippen LogP contribution in [0.4, 0.5) is 5.95 Å². The summed E-state index contributed by atoms with van der Waals surface area (Å²) < 4.78 is 2.03. The number of nitrogens with zero attached hydrogens (tertiary/aromatic N) is 3. The Kier molecular flexibility index (Phi) is 4.09. The molecule has 1 aromatic heterocycles. The molecule has 0 spiro atoms. The van der Waals surface area contributed by atoms with Crippen molar-refractivity contribution >= 4 is 22.9 Å². The van der Waals surface area contributed by atoms with Gasteiger partial charge in [-0.3, -0.25) is 4.79 Å². The number of amides is 1. The quantitative estimate of drug-likeness (QED) is 0.734. The van der Waals surface area contributed by atoms with Crippen LogP contribution in [0.5, 0.6) is 0 Å². The van der Waals surface area contributed by atoms with E-state index in [-0.39, 0.29) is 18.1 Å². The number of aryl methyl sites for hydroxylation is 1. The molecule has 0 radical (unpaired) electrons. The van der Waals surface area contributed by atoms with E-state index in [0.29, 0.717) is 12.1 Å². The number of aliphatic hydroxyl groups is 1. The van der Waals surface area contributed by atoms with Gasteiger partial charge in [-0.05, 0) is 48.6 Å².